The molecule has 1 saturated heterocycles. The molecule has 0 aromatic heterocycles. The maximum Gasteiger partial charge on any atom is 0.211 e. The van der Waals surface area contributed by atoms with Crippen LogP contribution < -0.4 is 10.0 Å². The van der Waals surface area contributed by atoms with Crippen molar-refractivity contribution in [1.29, 1.82) is 0 Å². The highest BCUT2D eigenvalue weighted by Gasteiger charge is 2.21. The van der Waals surface area contributed by atoms with Crippen molar-refractivity contribution in [2.75, 3.05) is 25.4 Å². The van der Waals surface area contributed by atoms with E-state index in [9.17, 15) is 8.42 Å². The van der Waals surface area contributed by atoms with Gasteiger partial charge in [-0.05, 0) is 50.1 Å². The van der Waals surface area contributed by atoms with Crippen molar-refractivity contribution in [1.82, 2.24) is 10.0 Å². The summed E-state index contributed by atoms with van der Waals surface area (Å²) in [6, 6.07) is 0. The largest absolute Gasteiger partial charge is 0.317 e. The quantitative estimate of drug-likeness (QED) is 0.744. The Balaban J connectivity index is 2.30. The number of hydrogen-bond acceptors (Lipinski definition) is 3. The summed E-state index contributed by atoms with van der Waals surface area (Å²) in [5, 5.41) is 3.30. The van der Waals surface area contributed by atoms with Gasteiger partial charge in [-0.15, -0.1) is 0 Å². The molecule has 4 nitrogen and oxygen atoms in total. The topological polar surface area (TPSA) is 58.2 Å². The zero-order valence-electron chi connectivity index (χ0n) is 12.0. The van der Waals surface area contributed by atoms with E-state index < -0.39 is 10.0 Å². The van der Waals surface area contributed by atoms with Crippen LogP contribution in [0.1, 0.15) is 46.5 Å². The van der Waals surface area contributed by atoms with Gasteiger partial charge in [0.2, 0.25) is 10.0 Å². The average Bonchev–Trinajstić information content (AvgIpc) is 2.36. The first kappa shape index (κ1) is 15.9. The molecule has 1 fully saturated rings. The first-order valence-corrected chi connectivity index (χ1v) is 8.68. The van der Waals surface area contributed by atoms with Gasteiger partial charge in [0.25, 0.3) is 0 Å². The predicted molar refractivity (Wildman–Crippen MR) is 76.1 cm³/mol. The first-order chi connectivity index (χ1) is 8.35. The first-order valence-electron chi connectivity index (χ1n) is 7.03. The Hall–Kier alpha value is -0.130. The van der Waals surface area contributed by atoms with Gasteiger partial charge in [-0.2, -0.15) is 0 Å². The molecule has 108 valence electrons. The zero-order valence-corrected chi connectivity index (χ0v) is 12.8. The van der Waals surface area contributed by atoms with E-state index in [2.05, 4.69) is 30.8 Å². The molecule has 1 aliphatic heterocycles. The van der Waals surface area contributed by atoms with Crippen molar-refractivity contribution >= 4 is 10.0 Å². The van der Waals surface area contributed by atoms with E-state index >= 15 is 0 Å². The second-order valence-electron chi connectivity index (χ2n) is 6.14. The SMILES string of the molecule is CCC(C)(C)CNS(=O)(=O)CCC1CCNCC1. The fourth-order valence-corrected chi connectivity index (χ4v) is 3.39. The van der Waals surface area contributed by atoms with Crippen molar-refractivity contribution in [3.05, 3.63) is 0 Å². The molecule has 1 aliphatic rings. The minimum Gasteiger partial charge on any atom is -0.317 e. The van der Waals surface area contributed by atoms with Crippen molar-refractivity contribution < 1.29 is 8.42 Å². The van der Waals surface area contributed by atoms with Crippen LogP contribution in [0.5, 0.6) is 0 Å². The van der Waals surface area contributed by atoms with Gasteiger partial charge < -0.3 is 5.32 Å². The van der Waals surface area contributed by atoms with E-state index in [-0.39, 0.29) is 11.2 Å². The molecule has 0 aliphatic carbocycles. The Kier molecular flexibility index (Phi) is 6.08. The Morgan fingerprint density at radius 1 is 1.28 bits per heavy atom. The van der Waals surface area contributed by atoms with Gasteiger partial charge in [0.05, 0.1) is 5.75 Å². The van der Waals surface area contributed by atoms with Gasteiger partial charge in [0, 0.05) is 6.54 Å². The Morgan fingerprint density at radius 2 is 1.89 bits per heavy atom. The lowest BCUT2D eigenvalue weighted by molar-refractivity contribution is 0.347. The van der Waals surface area contributed by atoms with E-state index in [1.165, 1.54) is 0 Å². The highest BCUT2D eigenvalue weighted by atomic mass is 32.2. The molecule has 0 aromatic rings. The normalized spacial score (nSPS) is 19.1. The summed E-state index contributed by atoms with van der Waals surface area (Å²) in [6.45, 7) is 8.86. The van der Waals surface area contributed by atoms with Crippen LogP contribution in [0, 0.1) is 11.3 Å². The fourth-order valence-electron chi connectivity index (χ4n) is 1.99. The molecule has 0 amide bonds. The van der Waals surface area contributed by atoms with Gasteiger partial charge in [0.15, 0.2) is 0 Å². The fraction of sp³-hybridized carbons (Fsp3) is 1.00. The molecular formula is C13H28N2O2S. The Labute approximate surface area is 112 Å². The highest BCUT2D eigenvalue weighted by molar-refractivity contribution is 7.89. The number of piperidine rings is 1. The highest BCUT2D eigenvalue weighted by Crippen LogP contribution is 2.19. The molecule has 1 rings (SSSR count). The molecule has 0 atom stereocenters. The van der Waals surface area contributed by atoms with Gasteiger partial charge >= 0.3 is 0 Å². The third-order valence-corrected chi connectivity index (χ3v) is 5.34. The molecule has 0 bridgehead atoms. The van der Waals surface area contributed by atoms with Crippen LogP contribution in [-0.2, 0) is 10.0 Å². The third-order valence-electron chi connectivity index (χ3n) is 3.98. The van der Waals surface area contributed by atoms with E-state index in [0.29, 0.717) is 12.5 Å². The van der Waals surface area contributed by atoms with Crippen LogP contribution in [0.4, 0.5) is 0 Å². The zero-order chi connectivity index (χ0) is 13.6. The summed E-state index contributed by atoms with van der Waals surface area (Å²) in [5.74, 6) is 0.847. The van der Waals surface area contributed by atoms with Crippen molar-refractivity contribution in [3.63, 3.8) is 0 Å². The van der Waals surface area contributed by atoms with Crippen LogP contribution in [0.2, 0.25) is 0 Å². The van der Waals surface area contributed by atoms with Crippen molar-refractivity contribution in [3.8, 4) is 0 Å². The molecule has 0 radical (unpaired) electrons. The van der Waals surface area contributed by atoms with Crippen LogP contribution in [0.3, 0.4) is 0 Å². The third kappa shape index (κ3) is 6.16. The standard InChI is InChI=1S/C13H28N2O2S/c1-4-13(2,3)11-15-18(16,17)10-7-12-5-8-14-9-6-12/h12,14-15H,4-11H2,1-3H3. The summed E-state index contributed by atoms with van der Waals surface area (Å²) in [5.41, 5.74) is 0.0435. The summed E-state index contributed by atoms with van der Waals surface area (Å²) in [7, 11) is -3.09. The molecule has 2 N–H and O–H groups in total. The molecule has 0 unspecified atom stereocenters. The van der Waals surface area contributed by atoms with Crippen LogP contribution in [-0.4, -0.2) is 33.8 Å². The lowest BCUT2D eigenvalue weighted by Crippen LogP contribution is -2.36. The van der Waals surface area contributed by atoms with Crippen LogP contribution in [0.25, 0.3) is 0 Å². The molecule has 5 heteroatoms. The summed E-state index contributed by atoms with van der Waals surface area (Å²) in [4.78, 5) is 0. The average molecular weight is 276 g/mol. The molecule has 0 aromatic carbocycles. The predicted octanol–water partition coefficient (Wildman–Crippen LogP) is 1.73. The summed E-state index contributed by atoms with van der Waals surface area (Å²) < 4.78 is 26.6. The van der Waals surface area contributed by atoms with E-state index in [1.54, 1.807) is 0 Å². The number of sulfonamides is 1. The number of hydrogen-bond donors (Lipinski definition) is 2. The van der Waals surface area contributed by atoms with Gasteiger partial charge in [-0.1, -0.05) is 20.8 Å². The molecule has 0 saturated carbocycles. The maximum absolute atomic E-state index is 11.9. The van der Waals surface area contributed by atoms with E-state index in [4.69, 9.17) is 0 Å². The number of rotatable bonds is 7. The monoisotopic (exact) mass is 276 g/mol. The van der Waals surface area contributed by atoms with Gasteiger partial charge in [0.1, 0.15) is 0 Å². The summed E-state index contributed by atoms with van der Waals surface area (Å²) in [6.07, 6.45) is 3.99. The van der Waals surface area contributed by atoms with E-state index in [0.717, 1.165) is 38.8 Å². The van der Waals surface area contributed by atoms with E-state index in [1.807, 2.05) is 0 Å². The van der Waals surface area contributed by atoms with Gasteiger partial charge in [-0.3, -0.25) is 0 Å². The molecule has 18 heavy (non-hydrogen) atoms. The Bertz CT molecular complexity index is 333. The minimum absolute atomic E-state index is 0.0435. The van der Waals surface area contributed by atoms with Crippen LogP contribution in [0.15, 0.2) is 0 Å². The van der Waals surface area contributed by atoms with Crippen LogP contribution >= 0.6 is 0 Å². The number of nitrogens with one attached hydrogen (secondary N) is 2. The minimum atomic E-state index is -3.09. The molecular weight excluding hydrogens is 248 g/mol. The van der Waals surface area contributed by atoms with Crippen molar-refractivity contribution in [2.24, 2.45) is 11.3 Å². The summed E-state index contributed by atoms with van der Waals surface area (Å²) >= 11 is 0. The molecule has 1 heterocycles. The van der Waals surface area contributed by atoms with Crippen molar-refractivity contribution in [2.45, 2.75) is 46.5 Å². The second-order valence-corrected chi connectivity index (χ2v) is 8.07. The lowest BCUT2D eigenvalue weighted by atomic mass is 9.91. The second kappa shape index (κ2) is 6.87. The maximum atomic E-state index is 11.9. The molecule has 0 spiro atoms. The Morgan fingerprint density at radius 3 is 2.44 bits per heavy atom. The van der Waals surface area contributed by atoms with Gasteiger partial charge in [-0.25, -0.2) is 13.1 Å². The lowest BCUT2D eigenvalue weighted by Gasteiger charge is -2.24. The smallest absolute Gasteiger partial charge is 0.211 e.